The molecule has 0 fully saturated rings. The van der Waals surface area contributed by atoms with Crippen molar-refractivity contribution in [3.05, 3.63) is 30.1 Å². The molecule has 1 rings (SSSR count). The van der Waals surface area contributed by atoms with Crippen molar-refractivity contribution >= 4 is 5.91 Å². The first kappa shape index (κ1) is 12.3. The lowest BCUT2D eigenvalue weighted by Crippen LogP contribution is -2.46. The summed E-state index contributed by atoms with van der Waals surface area (Å²) in [4.78, 5) is 15.8. The molecule has 1 aromatic heterocycles. The first-order valence-electron chi connectivity index (χ1n) is 5.37. The van der Waals surface area contributed by atoms with E-state index in [-0.39, 0.29) is 5.91 Å². The number of carbonyl (C=O) groups is 1. The fourth-order valence-electron chi connectivity index (χ4n) is 1.46. The summed E-state index contributed by atoms with van der Waals surface area (Å²) in [6.45, 7) is 3.94. The summed E-state index contributed by atoms with van der Waals surface area (Å²) in [7, 11) is 0. The summed E-state index contributed by atoms with van der Waals surface area (Å²) >= 11 is 0. The van der Waals surface area contributed by atoms with E-state index in [9.17, 15) is 4.79 Å². The predicted molar refractivity (Wildman–Crippen MR) is 63.8 cm³/mol. The van der Waals surface area contributed by atoms with Crippen LogP contribution in [0.15, 0.2) is 24.5 Å². The lowest BCUT2D eigenvalue weighted by molar-refractivity contribution is 0.0916. The largest absolute Gasteiger partial charge is 0.336 e. The van der Waals surface area contributed by atoms with Crippen LogP contribution in [0.3, 0.4) is 0 Å². The van der Waals surface area contributed by atoms with E-state index in [1.807, 2.05) is 13.8 Å². The quantitative estimate of drug-likeness (QED) is 0.782. The molecule has 3 heteroatoms. The normalized spacial score (nSPS) is 10.6. The number of aromatic nitrogens is 1. The number of hydrogen-bond acceptors (Lipinski definition) is 2. The van der Waals surface area contributed by atoms with Crippen molar-refractivity contribution in [2.24, 2.45) is 0 Å². The minimum absolute atomic E-state index is 0.149. The fraction of sp³-hybridized carbons (Fsp3) is 0.385. The van der Waals surface area contributed by atoms with Crippen molar-refractivity contribution in [2.45, 2.75) is 32.2 Å². The molecule has 0 bridgehead atoms. The summed E-state index contributed by atoms with van der Waals surface area (Å²) in [5.41, 5.74) is 0.0388. The summed E-state index contributed by atoms with van der Waals surface area (Å²) in [5, 5.41) is 2.89. The van der Waals surface area contributed by atoms with E-state index in [1.165, 1.54) is 0 Å². The van der Waals surface area contributed by atoms with Gasteiger partial charge in [-0.3, -0.25) is 9.78 Å². The van der Waals surface area contributed by atoms with Gasteiger partial charge in [-0.2, -0.15) is 0 Å². The molecule has 0 saturated carbocycles. The second-order valence-electron chi connectivity index (χ2n) is 3.62. The third-order valence-corrected chi connectivity index (χ3v) is 2.78. The van der Waals surface area contributed by atoms with Crippen LogP contribution in [0.4, 0.5) is 0 Å². The Bertz CT molecular complexity index is 388. The van der Waals surface area contributed by atoms with Gasteiger partial charge in [-0.1, -0.05) is 19.8 Å². The van der Waals surface area contributed by atoms with Crippen molar-refractivity contribution < 1.29 is 4.79 Å². The minimum Gasteiger partial charge on any atom is -0.336 e. The van der Waals surface area contributed by atoms with Crippen molar-refractivity contribution in [2.75, 3.05) is 0 Å². The third-order valence-electron chi connectivity index (χ3n) is 2.78. The molecule has 0 aliphatic carbocycles. The molecule has 0 radical (unpaired) electrons. The van der Waals surface area contributed by atoms with Crippen LogP contribution in [0.5, 0.6) is 0 Å². The second-order valence-corrected chi connectivity index (χ2v) is 3.62. The molecule has 0 unspecified atom stereocenters. The van der Waals surface area contributed by atoms with Crippen LogP contribution in [0.25, 0.3) is 0 Å². The van der Waals surface area contributed by atoms with Gasteiger partial charge in [0.05, 0.1) is 0 Å². The third kappa shape index (κ3) is 2.60. The van der Waals surface area contributed by atoms with Crippen LogP contribution in [0.2, 0.25) is 0 Å². The topological polar surface area (TPSA) is 42.0 Å². The number of nitrogens with zero attached hydrogens (tertiary/aromatic N) is 1. The number of carbonyl (C=O) groups excluding carboxylic acids is 1. The molecule has 1 heterocycles. The molecule has 16 heavy (non-hydrogen) atoms. The van der Waals surface area contributed by atoms with Gasteiger partial charge in [0, 0.05) is 18.0 Å². The molecular formula is C13H16N2O. The Balaban J connectivity index is 2.82. The Hall–Kier alpha value is -1.82. The Morgan fingerprint density at radius 2 is 2.00 bits per heavy atom. The van der Waals surface area contributed by atoms with Gasteiger partial charge in [0.25, 0.3) is 5.91 Å². The van der Waals surface area contributed by atoms with Crippen molar-refractivity contribution in [1.29, 1.82) is 0 Å². The van der Waals surface area contributed by atoms with Crippen LogP contribution in [0, 0.1) is 12.3 Å². The van der Waals surface area contributed by atoms with Gasteiger partial charge < -0.3 is 5.32 Å². The number of terminal acetylenes is 1. The van der Waals surface area contributed by atoms with E-state index in [0.29, 0.717) is 5.56 Å². The number of rotatable bonds is 4. The van der Waals surface area contributed by atoms with Gasteiger partial charge >= 0.3 is 0 Å². The molecule has 0 aromatic carbocycles. The zero-order valence-electron chi connectivity index (χ0n) is 9.66. The Morgan fingerprint density at radius 1 is 1.44 bits per heavy atom. The molecule has 3 nitrogen and oxygen atoms in total. The maximum atomic E-state index is 11.9. The van der Waals surface area contributed by atoms with Crippen LogP contribution >= 0.6 is 0 Å². The average Bonchev–Trinajstić information content (AvgIpc) is 2.37. The van der Waals surface area contributed by atoms with Crippen molar-refractivity contribution in [3.8, 4) is 12.3 Å². The second kappa shape index (κ2) is 5.32. The van der Waals surface area contributed by atoms with E-state index in [1.54, 1.807) is 24.5 Å². The number of amides is 1. The van der Waals surface area contributed by atoms with Crippen LogP contribution < -0.4 is 5.32 Å². The SMILES string of the molecule is C#CC(CC)(CC)NC(=O)c1ccncc1. The zero-order chi connectivity index (χ0) is 12.0. The van der Waals surface area contributed by atoms with E-state index >= 15 is 0 Å². The fourth-order valence-corrected chi connectivity index (χ4v) is 1.46. The summed E-state index contributed by atoms with van der Waals surface area (Å²) in [6, 6.07) is 3.34. The number of pyridine rings is 1. The Kier molecular flexibility index (Phi) is 4.07. The maximum absolute atomic E-state index is 11.9. The first-order valence-corrected chi connectivity index (χ1v) is 5.37. The van der Waals surface area contributed by atoms with Crippen LogP contribution in [-0.4, -0.2) is 16.4 Å². The Labute approximate surface area is 96.3 Å². The molecule has 0 aliphatic rings. The van der Waals surface area contributed by atoms with Gasteiger partial charge in [0.1, 0.15) is 5.54 Å². The van der Waals surface area contributed by atoms with Gasteiger partial charge in [0.2, 0.25) is 0 Å². The minimum atomic E-state index is -0.541. The lowest BCUT2D eigenvalue weighted by Gasteiger charge is -2.26. The van der Waals surface area contributed by atoms with Crippen LogP contribution in [-0.2, 0) is 0 Å². The van der Waals surface area contributed by atoms with E-state index in [0.717, 1.165) is 12.8 Å². The molecule has 1 N–H and O–H groups in total. The highest BCUT2D eigenvalue weighted by Gasteiger charge is 2.25. The number of hydrogen-bond donors (Lipinski definition) is 1. The number of nitrogens with one attached hydrogen (secondary N) is 1. The highest BCUT2D eigenvalue weighted by Crippen LogP contribution is 2.14. The van der Waals surface area contributed by atoms with Crippen LogP contribution in [0.1, 0.15) is 37.0 Å². The molecule has 0 aliphatic heterocycles. The van der Waals surface area contributed by atoms with Gasteiger partial charge in [0.15, 0.2) is 0 Å². The summed E-state index contributed by atoms with van der Waals surface area (Å²) in [6.07, 6.45) is 10.1. The highest BCUT2D eigenvalue weighted by atomic mass is 16.1. The summed E-state index contributed by atoms with van der Waals surface area (Å²) < 4.78 is 0. The lowest BCUT2D eigenvalue weighted by atomic mass is 9.93. The zero-order valence-corrected chi connectivity index (χ0v) is 9.66. The predicted octanol–water partition coefficient (Wildman–Crippen LogP) is 2.00. The molecule has 1 amide bonds. The van der Waals surface area contributed by atoms with Crippen molar-refractivity contribution in [1.82, 2.24) is 10.3 Å². The van der Waals surface area contributed by atoms with Gasteiger partial charge in [-0.25, -0.2) is 0 Å². The monoisotopic (exact) mass is 216 g/mol. The summed E-state index contributed by atoms with van der Waals surface area (Å²) in [5.74, 6) is 2.52. The molecular weight excluding hydrogens is 200 g/mol. The molecule has 1 aromatic rings. The molecule has 0 spiro atoms. The van der Waals surface area contributed by atoms with E-state index < -0.39 is 5.54 Å². The standard InChI is InChI=1S/C13H16N2O/c1-4-13(5-2,6-3)15-12(16)11-7-9-14-10-8-11/h1,7-10H,5-6H2,2-3H3,(H,15,16). The molecule has 0 atom stereocenters. The first-order chi connectivity index (χ1) is 7.67. The van der Waals surface area contributed by atoms with Crippen molar-refractivity contribution in [3.63, 3.8) is 0 Å². The molecule has 84 valence electrons. The van der Waals surface area contributed by atoms with Gasteiger partial charge in [-0.05, 0) is 25.0 Å². The Morgan fingerprint density at radius 3 is 2.44 bits per heavy atom. The van der Waals surface area contributed by atoms with Gasteiger partial charge in [-0.15, -0.1) is 6.42 Å². The maximum Gasteiger partial charge on any atom is 0.252 e. The average molecular weight is 216 g/mol. The molecule has 0 saturated heterocycles. The van der Waals surface area contributed by atoms with E-state index in [4.69, 9.17) is 6.42 Å². The van der Waals surface area contributed by atoms with E-state index in [2.05, 4.69) is 16.2 Å². The highest BCUT2D eigenvalue weighted by molar-refractivity contribution is 5.94. The smallest absolute Gasteiger partial charge is 0.252 e.